The number of benzene rings is 1. The van der Waals surface area contributed by atoms with Crippen LogP contribution in [0.1, 0.15) is 302 Å². The summed E-state index contributed by atoms with van der Waals surface area (Å²) >= 11 is 0. The zero-order valence-electron chi connectivity index (χ0n) is 81.9. The van der Waals surface area contributed by atoms with Gasteiger partial charge >= 0.3 is 43.6 Å². The number of phenols is 1. The lowest BCUT2D eigenvalue weighted by Gasteiger charge is -2.21. The van der Waals surface area contributed by atoms with Gasteiger partial charge in [-0.1, -0.05) is 153 Å². The van der Waals surface area contributed by atoms with Gasteiger partial charge in [-0.25, -0.2) is 4.57 Å². The number of phenolic OH excluding ortho intramolecular Hbond substituents is 1. The number of hydrogen-bond donors (Lipinski definition) is 12. The average molecular weight is 2020 g/mol. The van der Waals surface area contributed by atoms with Crippen LogP contribution in [0.15, 0.2) is 48.6 Å². The molecule has 0 spiro atoms. The number of rotatable bonds is 91. The number of nitrogens with one attached hydrogen (secondary N) is 6. The molecule has 792 valence electrons. The number of carbonyl (C=O) groups is 22. The fraction of sp³-hybridized carbons (Fsp3) is 0.670. The molecule has 1 aromatic carbocycles. The minimum atomic E-state index is -4.76. The molecule has 44 heteroatoms. The van der Waals surface area contributed by atoms with Crippen LogP contribution in [0.3, 0.4) is 0 Å². The highest BCUT2D eigenvalue weighted by Gasteiger charge is 2.30. The van der Waals surface area contributed by atoms with Crippen LogP contribution in [-0.4, -0.2) is 297 Å². The Morgan fingerprint density at radius 1 is 0.355 bits per heavy atom. The minimum Gasteiger partial charge on any atom is -0.508 e. The number of carbonyl (C=O) groups excluding carboxylic acids is 18. The van der Waals surface area contributed by atoms with Crippen molar-refractivity contribution >= 4 is 138 Å². The van der Waals surface area contributed by atoms with Crippen LogP contribution in [0.5, 0.6) is 5.75 Å². The van der Waals surface area contributed by atoms with Gasteiger partial charge in [0.2, 0.25) is 59.6 Å². The number of ketones is 6. The third kappa shape index (κ3) is 72.1. The van der Waals surface area contributed by atoms with Crippen LogP contribution in [0.4, 0.5) is 0 Å². The first kappa shape index (κ1) is 127. The highest BCUT2D eigenvalue weighted by molar-refractivity contribution is 7.47. The standard InChI is InChI=1S/C97H151N10O33P/c1-3-5-7-9-11-13-15-17-19-21-23-25-27-29-31-41-96(133)137-70-80(140-97(134)42-32-30-28-26-24-22-20-18-16-14-12-10-8-6-4-2)71-139-141(135,136)138-56-36-39-74(109)37-33-34-40-83(116)99-58-76(111)48-53-89(122)105(67-93(127)128)63-79(114)47-51-84(117)101-60-90(123)106(68-94(129)130)64-86(119)98-55-35-38-78(113)62-104(66-92(125)126)88(121)54-49-77(112)59-100-87(120)65-107(69-95(131)132)91(124)61-102-85(118)52-50-82(115)81(103-72-108)57-73-43-45-75(110)46-44-73/h17-20,43-46,72,80-81,110H,3-16,21-42,47-71H2,1-2H3,(H,98,119)(H,99,116)(H,100,120)(H,101,117)(H,102,118)(H,103,108)(H,125,126)(H,127,128)(H,129,130)(H,131,132)(H,135,136)/b19-17+,20-18+/t80?,81-/m0/s1. The number of aromatic hydroxyl groups is 1. The summed E-state index contributed by atoms with van der Waals surface area (Å²) in [7, 11) is -4.76. The maximum atomic E-state index is 13.1. The maximum absolute atomic E-state index is 13.1. The highest BCUT2D eigenvalue weighted by Crippen LogP contribution is 2.43. The average Bonchev–Trinajstić information content (AvgIpc) is 0.901. The fourth-order valence-electron chi connectivity index (χ4n) is 13.9. The Kier molecular flexibility index (Phi) is 71.9. The summed E-state index contributed by atoms with van der Waals surface area (Å²) in [6, 6.07) is 4.76. The van der Waals surface area contributed by atoms with E-state index in [0.29, 0.717) is 44.4 Å². The van der Waals surface area contributed by atoms with Gasteiger partial charge in [0.1, 0.15) is 57.4 Å². The number of carboxylic acids is 4. The number of unbranched alkanes of at least 4 members (excludes halogenated alkanes) is 23. The lowest BCUT2D eigenvalue weighted by atomic mass is 9.99. The molecule has 0 aliphatic carbocycles. The molecule has 1 rings (SSSR count). The van der Waals surface area contributed by atoms with Crippen LogP contribution in [0.2, 0.25) is 0 Å². The van der Waals surface area contributed by atoms with Crippen LogP contribution in [0, 0.1) is 0 Å². The Balaban J connectivity index is 2.57. The number of Topliss-reactive ketones (excluding diaryl/α,β-unsaturated/α-hetero) is 6. The second-order valence-corrected chi connectivity index (χ2v) is 35.8. The first-order valence-corrected chi connectivity index (χ1v) is 50.5. The normalized spacial score (nSPS) is 11.9. The molecule has 1 aromatic rings. The predicted molar refractivity (Wildman–Crippen MR) is 512 cm³/mol. The van der Waals surface area contributed by atoms with E-state index >= 15 is 0 Å². The highest BCUT2D eigenvalue weighted by atomic mass is 31.2. The van der Waals surface area contributed by atoms with Crippen molar-refractivity contribution in [3.8, 4) is 5.75 Å². The molecule has 0 aliphatic heterocycles. The molecule has 0 bridgehead atoms. The SMILES string of the molecule is CCCCCCCC/C=C/CCCCCCCC(=O)OCC(COP(=O)(O)OCCCC(=O)CCCCC(=O)NCC(=O)CCC(=O)N(CC(=O)O)CC(=O)CCC(=O)NCC(=O)N(CC(=O)O)CC(=O)NCCCC(=O)CN(CC(=O)O)C(=O)CCC(=O)CNC(=O)CN(CC(=O)O)C(=O)CNC(=O)CCC(=O)[C@H](Cc1ccc(O)cc1)NC=O)OC(=O)CCCCCCC/C=C/CCCCCCCC. The molecule has 0 saturated heterocycles. The van der Waals surface area contributed by atoms with E-state index in [1.54, 1.807) is 0 Å². The fourth-order valence-corrected chi connectivity index (χ4v) is 14.7. The van der Waals surface area contributed by atoms with Crippen LogP contribution >= 0.6 is 7.82 Å². The molecule has 141 heavy (non-hydrogen) atoms. The first-order valence-electron chi connectivity index (χ1n) is 49.0. The summed E-state index contributed by atoms with van der Waals surface area (Å²) in [6.45, 7) is -7.74. The van der Waals surface area contributed by atoms with Gasteiger partial charge < -0.3 is 91.4 Å². The number of phosphoric acid groups is 1. The van der Waals surface area contributed by atoms with Crippen molar-refractivity contribution in [3.63, 3.8) is 0 Å². The second kappa shape index (κ2) is 79.8. The van der Waals surface area contributed by atoms with Crippen molar-refractivity contribution in [1.29, 1.82) is 0 Å². The number of phosphoric ester groups is 1. The molecule has 0 aliphatic rings. The number of nitrogens with zero attached hydrogens (tertiary/aromatic N) is 4. The van der Waals surface area contributed by atoms with Crippen molar-refractivity contribution in [2.75, 3.05) is 105 Å². The molecule has 0 aromatic heterocycles. The second-order valence-electron chi connectivity index (χ2n) is 34.4. The number of esters is 2. The van der Waals surface area contributed by atoms with Crippen molar-refractivity contribution in [2.24, 2.45) is 0 Å². The molecule has 0 saturated carbocycles. The molecule has 3 atom stereocenters. The number of allylic oxidation sites excluding steroid dienone is 4. The maximum Gasteiger partial charge on any atom is 0.472 e. The van der Waals surface area contributed by atoms with E-state index in [1.807, 2.05) is 0 Å². The quantitative estimate of drug-likeness (QED) is 0.00981. The van der Waals surface area contributed by atoms with Gasteiger partial charge in [0.15, 0.2) is 35.0 Å². The van der Waals surface area contributed by atoms with E-state index in [9.17, 15) is 140 Å². The van der Waals surface area contributed by atoms with E-state index in [1.165, 1.54) is 101 Å². The summed E-state index contributed by atoms with van der Waals surface area (Å²) in [5.74, 6) is -19.5. The predicted octanol–water partition coefficient (Wildman–Crippen LogP) is 7.60. The van der Waals surface area contributed by atoms with Gasteiger partial charge in [0.25, 0.3) is 0 Å². The Morgan fingerprint density at radius 2 is 0.730 bits per heavy atom. The topological polar surface area (TPSA) is 636 Å². The van der Waals surface area contributed by atoms with Gasteiger partial charge in [-0.15, -0.1) is 0 Å². The van der Waals surface area contributed by atoms with E-state index < -0.39 is 275 Å². The van der Waals surface area contributed by atoms with Crippen molar-refractivity contribution in [3.05, 3.63) is 54.1 Å². The Bertz CT molecular complexity index is 4200. The molecular weight excluding hydrogens is 1860 g/mol. The number of carboxylic acid groups (broad SMARTS) is 4. The Labute approximate surface area is 824 Å². The van der Waals surface area contributed by atoms with Gasteiger partial charge in [-0.05, 0) is 114 Å². The lowest BCUT2D eigenvalue weighted by Crippen LogP contribution is -2.47. The summed E-state index contributed by atoms with van der Waals surface area (Å²) in [5.41, 5.74) is 0.583. The molecule has 0 heterocycles. The van der Waals surface area contributed by atoms with Crippen molar-refractivity contribution < 1.29 is 159 Å². The summed E-state index contributed by atoms with van der Waals surface area (Å²) < 4.78 is 34.3. The zero-order valence-corrected chi connectivity index (χ0v) is 82.8. The number of amides is 10. The summed E-state index contributed by atoms with van der Waals surface area (Å²) in [4.78, 5) is 289. The molecule has 0 fully saturated rings. The van der Waals surface area contributed by atoms with Crippen LogP contribution in [-0.2, 0) is 135 Å². The van der Waals surface area contributed by atoms with E-state index in [0.717, 1.165) is 77.0 Å². The third-order valence-electron chi connectivity index (χ3n) is 21.8. The largest absolute Gasteiger partial charge is 0.508 e. The van der Waals surface area contributed by atoms with Gasteiger partial charge in [-0.2, -0.15) is 0 Å². The number of aliphatic carboxylic acids is 4. The molecule has 10 amide bonds. The molecule has 2 unspecified atom stereocenters. The van der Waals surface area contributed by atoms with Crippen molar-refractivity contribution in [2.45, 2.75) is 315 Å². The molecule has 0 radical (unpaired) electrons. The molecular formula is C97H151N10O33P. The first-order chi connectivity index (χ1) is 67.3. The lowest BCUT2D eigenvalue weighted by molar-refractivity contribution is -0.161. The molecule has 43 nitrogen and oxygen atoms in total. The Morgan fingerprint density at radius 3 is 1.20 bits per heavy atom. The molecule has 12 N–H and O–H groups in total. The van der Waals surface area contributed by atoms with Crippen molar-refractivity contribution in [1.82, 2.24) is 51.5 Å². The third-order valence-corrected chi connectivity index (χ3v) is 22.8. The monoisotopic (exact) mass is 2020 g/mol. The zero-order chi connectivity index (χ0) is 105. The minimum absolute atomic E-state index is 0.0219. The van der Waals surface area contributed by atoms with Gasteiger partial charge in [0.05, 0.1) is 58.5 Å². The summed E-state index contributed by atoms with van der Waals surface area (Å²) in [5, 5.41) is 60.9. The van der Waals surface area contributed by atoms with Crippen LogP contribution in [0.25, 0.3) is 0 Å². The number of hydrogen-bond acceptors (Lipinski definition) is 28. The van der Waals surface area contributed by atoms with E-state index in [2.05, 4.69) is 70.1 Å². The smallest absolute Gasteiger partial charge is 0.472 e. The van der Waals surface area contributed by atoms with E-state index in [4.69, 9.17) is 18.5 Å². The van der Waals surface area contributed by atoms with Gasteiger partial charge in [0, 0.05) is 96.4 Å². The van der Waals surface area contributed by atoms with E-state index in [-0.39, 0.29) is 102 Å². The van der Waals surface area contributed by atoms with Gasteiger partial charge in [-0.3, -0.25) is 115 Å². The summed E-state index contributed by atoms with van der Waals surface area (Å²) in [6.07, 6.45) is 32.1. The number of ether oxygens (including phenoxy) is 2. The Hall–Kier alpha value is -11.9. The van der Waals surface area contributed by atoms with Crippen LogP contribution < -0.4 is 31.9 Å².